The molecule has 0 aliphatic heterocycles. The minimum atomic E-state index is -3.10. The monoisotopic (exact) mass is 812 g/mol. The van der Waals surface area contributed by atoms with Crippen LogP contribution < -0.4 is 26.2 Å². The van der Waals surface area contributed by atoms with Crippen LogP contribution in [0.4, 0.5) is 0 Å². The van der Waals surface area contributed by atoms with Crippen molar-refractivity contribution in [1.82, 2.24) is 26.2 Å². The zero-order valence-corrected chi connectivity index (χ0v) is 34.8. The van der Waals surface area contributed by atoms with Crippen molar-refractivity contribution in [2.24, 2.45) is 5.92 Å². The summed E-state index contributed by atoms with van der Waals surface area (Å²) in [4.78, 5) is 66.8. The maximum absolute atomic E-state index is 13.6. The number of ether oxygens (including phenoxy) is 6. The fraction of sp³-hybridized carbons (Fsp3) is 0.886. The van der Waals surface area contributed by atoms with E-state index >= 15 is 0 Å². The minimum absolute atomic E-state index is 0.0472. The molecule has 316 valence electrons. The number of carbonyl (C=O) groups excluding carboxylic acids is 4. The van der Waals surface area contributed by atoms with Gasteiger partial charge in [0.05, 0.1) is 84.7 Å². The first-order valence-electron chi connectivity index (χ1n) is 19.0. The molecule has 1 aliphatic carbocycles. The van der Waals surface area contributed by atoms with Crippen molar-refractivity contribution in [2.75, 3.05) is 120 Å². The molecule has 0 spiro atoms. The Labute approximate surface area is 327 Å². The van der Waals surface area contributed by atoms with Crippen LogP contribution in [0.3, 0.4) is 0 Å². The van der Waals surface area contributed by atoms with Gasteiger partial charge in [-0.15, -0.1) is 0 Å². The molecule has 0 aromatic heterocycles. The van der Waals surface area contributed by atoms with Crippen molar-refractivity contribution in [1.29, 1.82) is 0 Å². The molecule has 0 radical (unpaired) electrons. The number of hydrogen-bond acceptors (Lipinski definition) is 14. The molecule has 0 saturated heterocycles. The van der Waals surface area contributed by atoms with Crippen LogP contribution in [-0.4, -0.2) is 166 Å². The minimum Gasteiger partial charge on any atom is -0.800 e. The molecule has 4 N–H and O–H groups in total. The summed E-state index contributed by atoms with van der Waals surface area (Å²) in [7, 11) is 4.72. The number of hydrogen-bond donors (Lipinski definition) is 4. The molecule has 17 nitrogen and oxygen atoms in total. The zero-order chi connectivity index (χ0) is 40.0. The van der Waals surface area contributed by atoms with Gasteiger partial charge in [-0.3, -0.25) is 24.1 Å². The van der Waals surface area contributed by atoms with Gasteiger partial charge in [-0.2, -0.15) is 0 Å². The van der Waals surface area contributed by atoms with E-state index in [1.165, 1.54) is 0 Å². The van der Waals surface area contributed by atoms with E-state index in [1.807, 2.05) is 0 Å². The number of amides is 4. The second-order valence-corrected chi connectivity index (χ2v) is 17.1. The molecule has 2 atom stereocenters. The maximum Gasteiger partial charge on any atom is 0.237 e. The maximum atomic E-state index is 13.6. The van der Waals surface area contributed by atoms with Gasteiger partial charge in [-0.25, -0.2) is 0 Å². The molecule has 1 fully saturated rings. The quantitative estimate of drug-likeness (QED) is 0.0506. The van der Waals surface area contributed by atoms with Crippen molar-refractivity contribution in [3.05, 3.63) is 0 Å². The Bertz CT molecular complexity index is 1060. The molecular weight excluding hydrogens is 745 g/mol. The Balaban J connectivity index is 2.85. The van der Waals surface area contributed by atoms with Gasteiger partial charge in [0.15, 0.2) is 0 Å². The van der Waals surface area contributed by atoms with Crippen LogP contribution in [0.15, 0.2) is 0 Å². The van der Waals surface area contributed by atoms with Crippen molar-refractivity contribution >= 4 is 41.9 Å². The molecule has 1 aliphatic rings. The Morgan fingerprint density at radius 3 is 1.63 bits per heavy atom. The molecule has 1 rings (SSSR count). The average Bonchev–Trinajstić information content (AvgIpc) is 3.13. The van der Waals surface area contributed by atoms with Gasteiger partial charge in [-0.05, 0) is 57.1 Å². The summed E-state index contributed by atoms with van der Waals surface area (Å²) in [5, 5.41) is 11.5. The molecule has 0 heterocycles. The van der Waals surface area contributed by atoms with E-state index in [9.17, 15) is 24.1 Å². The SMILES string of the molecule is COCCOCCNC(=O)CN(CC(=O)NCCOCCOC)C(CCCCNC(=O)C1CCC(OP([O-])(=S)C(C)C)CC1)C(=O)NCCOCCOC. The predicted molar refractivity (Wildman–Crippen MR) is 206 cm³/mol. The van der Waals surface area contributed by atoms with E-state index in [1.54, 1.807) is 40.1 Å². The summed E-state index contributed by atoms with van der Waals surface area (Å²) in [6, 6.07) is -0.825. The van der Waals surface area contributed by atoms with Gasteiger partial charge < -0.3 is 59.1 Å². The molecule has 19 heteroatoms. The number of rotatable bonds is 33. The Kier molecular flexibility index (Phi) is 29.1. The fourth-order valence-electron chi connectivity index (χ4n) is 5.44. The van der Waals surface area contributed by atoms with E-state index < -0.39 is 12.5 Å². The molecule has 54 heavy (non-hydrogen) atoms. The van der Waals surface area contributed by atoms with Crippen LogP contribution in [0.5, 0.6) is 0 Å². The van der Waals surface area contributed by atoms with Crippen LogP contribution in [0.25, 0.3) is 0 Å². The molecule has 0 bridgehead atoms. The third kappa shape index (κ3) is 23.9. The number of unbranched alkanes of at least 4 members (excludes halogenated alkanes) is 1. The molecule has 2 unspecified atom stereocenters. The number of carbonyl (C=O) groups is 4. The largest absolute Gasteiger partial charge is 0.800 e. The zero-order valence-electron chi connectivity index (χ0n) is 33.1. The third-order valence-electron chi connectivity index (χ3n) is 8.59. The molecule has 0 aromatic rings. The van der Waals surface area contributed by atoms with Gasteiger partial charge >= 0.3 is 0 Å². The smallest absolute Gasteiger partial charge is 0.237 e. The van der Waals surface area contributed by atoms with E-state index in [4.69, 9.17) is 44.8 Å². The van der Waals surface area contributed by atoms with Crippen molar-refractivity contribution in [2.45, 2.75) is 76.6 Å². The first-order valence-corrected chi connectivity index (χ1v) is 21.7. The number of methoxy groups -OCH3 is 3. The summed E-state index contributed by atoms with van der Waals surface area (Å²) >= 11 is 5.17. The Morgan fingerprint density at radius 2 is 1.17 bits per heavy atom. The van der Waals surface area contributed by atoms with Crippen LogP contribution >= 0.6 is 6.49 Å². The lowest BCUT2D eigenvalue weighted by atomic mass is 9.87. The van der Waals surface area contributed by atoms with Crippen molar-refractivity contribution in [3.8, 4) is 0 Å². The highest BCUT2D eigenvalue weighted by atomic mass is 32.5. The normalized spacial score (nSPS) is 17.6. The fourth-order valence-corrected chi connectivity index (χ4v) is 6.67. The molecule has 0 aromatic carbocycles. The van der Waals surface area contributed by atoms with E-state index in [-0.39, 0.29) is 93.9 Å². The molecular formula is C35H67N5O12PS-. The van der Waals surface area contributed by atoms with Crippen LogP contribution in [-0.2, 0) is 63.9 Å². The highest BCUT2D eigenvalue weighted by Gasteiger charge is 2.30. The second-order valence-electron chi connectivity index (χ2n) is 13.2. The van der Waals surface area contributed by atoms with Crippen LogP contribution in [0.2, 0.25) is 0 Å². The lowest BCUT2D eigenvalue weighted by molar-refractivity contribution is -0.189. The summed E-state index contributed by atoms with van der Waals surface area (Å²) in [5.41, 5.74) is -0.228. The first-order chi connectivity index (χ1) is 25.9. The van der Waals surface area contributed by atoms with E-state index in [0.29, 0.717) is 91.1 Å². The lowest BCUT2D eigenvalue weighted by Gasteiger charge is -2.38. The molecule has 4 amide bonds. The van der Waals surface area contributed by atoms with Gasteiger partial charge in [-0.1, -0.05) is 25.7 Å². The average molecular weight is 813 g/mol. The number of nitrogens with zero attached hydrogens (tertiary/aromatic N) is 1. The van der Waals surface area contributed by atoms with Gasteiger partial charge in [0, 0.05) is 53.4 Å². The van der Waals surface area contributed by atoms with Crippen LogP contribution in [0.1, 0.15) is 58.8 Å². The topological polar surface area (TPSA) is 207 Å². The predicted octanol–water partition coefficient (Wildman–Crippen LogP) is -0.0653. The lowest BCUT2D eigenvalue weighted by Crippen LogP contribution is -2.54. The highest BCUT2D eigenvalue weighted by Crippen LogP contribution is 2.46. The van der Waals surface area contributed by atoms with Gasteiger partial charge in [0.25, 0.3) is 0 Å². The van der Waals surface area contributed by atoms with Gasteiger partial charge in [0.2, 0.25) is 23.6 Å². The molecule has 1 saturated carbocycles. The van der Waals surface area contributed by atoms with Crippen LogP contribution in [0, 0.1) is 5.92 Å². The summed E-state index contributed by atoms with van der Waals surface area (Å²) in [6.45, 7) is 4.46. The van der Waals surface area contributed by atoms with Gasteiger partial charge in [0.1, 0.15) is 0 Å². The van der Waals surface area contributed by atoms with E-state index in [2.05, 4.69) is 21.3 Å². The van der Waals surface area contributed by atoms with E-state index in [0.717, 1.165) is 0 Å². The highest BCUT2D eigenvalue weighted by molar-refractivity contribution is 8.09. The summed E-state index contributed by atoms with van der Waals surface area (Å²) in [6.07, 6.45) is 3.73. The standard InChI is InChI=1S/C35H68N5O12PS/c1-28(2)53(45,54)52-30-11-9-29(10-12-30)34(43)38-13-7-6-8-31(35(44)39-16-19-51-25-22-48-5)40(26-32(41)36-14-17-49-23-20-46-3)27-33(42)37-15-18-50-24-21-47-4/h28-31H,6-27H2,1-5H3,(H,36,41)(H,37,42)(H,38,43)(H,39,44)(H,45,54)/p-1. The van der Waals surface area contributed by atoms with Crippen molar-refractivity contribution < 1.29 is 57.0 Å². The van der Waals surface area contributed by atoms with Crippen molar-refractivity contribution in [3.63, 3.8) is 0 Å². The summed E-state index contributed by atoms with van der Waals surface area (Å²) < 4.78 is 37.0. The Morgan fingerprint density at radius 1 is 0.685 bits per heavy atom. The summed E-state index contributed by atoms with van der Waals surface area (Å²) in [5.74, 6) is -1.29. The Hall–Kier alpha value is -1.83. The second kappa shape index (κ2) is 31.3. The first kappa shape index (κ1) is 50.2. The number of nitrogens with one attached hydrogen (secondary N) is 4. The third-order valence-corrected chi connectivity index (χ3v) is 12.0.